The molecule has 1 aromatic heterocycles. The third kappa shape index (κ3) is 1.86. The van der Waals surface area contributed by atoms with Crippen molar-refractivity contribution in [1.29, 1.82) is 0 Å². The third-order valence-electron chi connectivity index (χ3n) is 3.86. The number of methoxy groups -OCH3 is 1. The Kier molecular flexibility index (Phi) is 2.96. The first-order valence-electron chi connectivity index (χ1n) is 6.50. The number of rotatable bonds is 3. The molecule has 0 bridgehead atoms. The molecule has 1 aliphatic carbocycles. The molecular formula is C14H19N3O. The number of fused-ring (bicyclic) bond motifs is 1. The summed E-state index contributed by atoms with van der Waals surface area (Å²) in [5, 5.41) is 3.53. The lowest BCUT2D eigenvalue weighted by atomic mass is 10.2. The number of nitrogens with zero attached hydrogens (tertiary/aromatic N) is 2. The van der Waals surface area contributed by atoms with Gasteiger partial charge in [0.15, 0.2) is 0 Å². The van der Waals surface area contributed by atoms with E-state index in [0.29, 0.717) is 12.1 Å². The van der Waals surface area contributed by atoms with Gasteiger partial charge in [0, 0.05) is 14.2 Å². The van der Waals surface area contributed by atoms with Crippen LogP contribution in [0.2, 0.25) is 0 Å². The van der Waals surface area contributed by atoms with Crippen molar-refractivity contribution in [3.63, 3.8) is 0 Å². The summed E-state index contributed by atoms with van der Waals surface area (Å²) in [5.41, 5.74) is 2.20. The molecule has 1 fully saturated rings. The van der Waals surface area contributed by atoms with Gasteiger partial charge in [0.2, 0.25) is 5.95 Å². The molecule has 4 heteroatoms. The molecule has 0 spiro atoms. The van der Waals surface area contributed by atoms with E-state index in [4.69, 9.17) is 4.74 Å². The Bertz CT molecular complexity index is 549. The molecule has 3 rings (SSSR count). The number of imidazole rings is 1. The van der Waals surface area contributed by atoms with Crippen LogP contribution in [-0.4, -0.2) is 28.8 Å². The van der Waals surface area contributed by atoms with Gasteiger partial charge in [0.1, 0.15) is 0 Å². The fraction of sp³-hybridized carbons (Fsp3) is 0.500. The lowest BCUT2D eigenvalue weighted by Gasteiger charge is -2.20. The Hall–Kier alpha value is -1.55. The number of benzene rings is 1. The van der Waals surface area contributed by atoms with E-state index >= 15 is 0 Å². The molecule has 96 valence electrons. The molecule has 2 unspecified atom stereocenters. The number of ether oxygens (including phenoxy) is 1. The summed E-state index contributed by atoms with van der Waals surface area (Å²) in [5.74, 6) is 0.935. The first kappa shape index (κ1) is 11.5. The van der Waals surface area contributed by atoms with Gasteiger partial charge in [0.05, 0.1) is 23.2 Å². The fourth-order valence-corrected chi connectivity index (χ4v) is 2.81. The number of anilines is 1. The highest BCUT2D eigenvalue weighted by Gasteiger charge is 2.28. The number of hydrogen-bond acceptors (Lipinski definition) is 3. The molecule has 18 heavy (non-hydrogen) atoms. The van der Waals surface area contributed by atoms with Crippen LogP contribution in [0.1, 0.15) is 19.3 Å². The number of aromatic nitrogens is 2. The molecule has 1 heterocycles. The average molecular weight is 245 g/mol. The lowest BCUT2D eigenvalue weighted by molar-refractivity contribution is 0.101. The van der Waals surface area contributed by atoms with Gasteiger partial charge in [-0.25, -0.2) is 4.98 Å². The van der Waals surface area contributed by atoms with E-state index in [1.165, 1.54) is 6.42 Å². The maximum Gasteiger partial charge on any atom is 0.203 e. The highest BCUT2D eigenvalue weighted by atomic mass is 16.5. The maximum absolute atomic E-state index is 5.51. The van der Waals surface area contributed by atoms with Gasteiger partial charge in [-0.2, -0.15) is 0 Å². The second-order valence-electron chi connectivity index (χ2n) is 4.94. The number of nitrogens with one attached hydrogen (secondary N) is 1. The van der Waals surface area contributed by atoms with Crippen molar-refractivity contribution in [3.05, 3.63) is 24.3 Å². The first-order valence-corrected chi connectivity index (χ1v) is 6.50. The van der Waals surface area contributed by atoms with E-state index in [-0.39, 0.29) is 0 Å². The second-order valence-corrected chi connectivity index (χ2v) is 4.94. The Morgan fingerprint density at radius 1 is 1.33 bits per heavy atom. The summed E-state index contributed by atoms with van der Waals surface area (Å²) < 4.78 is 7.62. The number of hydrogen-bond donors (Lipinski definition) is 1. The molecule has 1 aliphatic rings. The summed E-state index contributed by atoms with van der Waals surface area (Å²) >= 11 is 0. The average Bonchev–Trinajstić information content (AvgIpc) is 2.96. The van der Waals surface area contributed by atoms with Gasteiger partial charge in [-0.1, -0.05) is 12.1 Å². The van der Waals surface area contributed by atoms with E-state index in [2.05, 4.69) is 28.0 Å². The molecule has 0 radical (unpaired) electrons. The lowest BCUT2D eigenvalue weighted by Crippen LogP contribution is -2.30. The minimum Gasteiger partial charge on any atom is -0.379 e. The van der Waals surface area contributed by atoms with E-state index < -0.39 is 0 Å². The van der Waals surface area contributed by atoms with Crippen molar-refractivity contribution in [3.8, 4) is 0 Å². The van der Waals surface area contributed by atoms with Crippen LogP contribution in [0.5, 0.6) is 0 Å². The zero-order chi connectivity index (χ0) is 12.5. The first-order chi connectivity index (χ1) is 8.79. The summed E-state index contributed by atoms with van der Waals surface area (Å²) in [6, 6.07) is 8.58. The van der Waals surface area contributed by atoms with Crippen LogP contribution in [0.15, 0.2) is 24.3 Å². The van der Waals surface area contributed by atoms with Crippen LogP contribution in [-0.2, 0) is 11.8 Å². The highest BCUT2D eigenvalue weighted by Crippen LogP contribution is 2.26. The summed E-state index contributed by atoms with van der Waals surface area (Å²) in [6.07, 6.45) is 3.82. The molecule has 1 saturated carbocycles. The molecule has 0 amide bonds. The van der Waals surface area contributed by atoms with E-state index in [9.17, 15) is 0 Å². The van der Waals surface area contributed by atoms with Crippen molar-refractivity contribution < 1.29 is 4.74 Å². The van der Waals surface area contributed by atoms with E-state index in [0.717, 1.165) is 29.8 Å². The summed E-state index contributed by atoms with van der Waals surface area (Å²) in [7, 11) is 3.84. The van der Waals surface area contributed by atoms with Gasteiger partial charge in [-0.05, 0) is 31.4 Å². The Labute approximate surface area is 107 Å². The van der Waals surface area contributed by atoms with E-state index in [1.54, 1.807) is 7.11 Å². The molecule has 0 saturated heterocycles. The van der Waals surface area contributed by atoms with E-state index in [1.807, 2.05) is 18.2 Å². The molecular weight excluding hydrogens is 226 g/mol. The quantitative estimate of drug-likeness (QED) is 0.903. The summed E-state index contributed by atoms with van der Waals surface area (Å²) in [4.78, 5) is 4.64. The van der Waals surface area contributed by atoms with Gasteiger partial charge in [-0.3, -0.25) is 0 Å². The van der Waals surface area contributed by atoms with Gasteiger partial charge < -0.3 is 14.6 Å². The minimum atomic E-state index is 0.310. The van der Waals surface area contributed by atoms with Crippen LogP contribution in [0.25, 0.3) is 11.0 Å². The van der Waals surface area contributed by atoms with Crippen LogP contribution in [0, 0.1) is 0 Å². The van der Waals surface area contributed by atoms with Crippen molar-refractivity contribution >= 4 is 17.0 Å². The smallest absolute Gasteiger partial charge is 0.203 e. The Balaban J connectivity index is 1.88. The van der Waals surface area contributed by atoms with Crippen LogP contribution in [0.4, 0.5) is 5.95 Å². The number of para-hydroxylation sites is 2. The summed E-state index contributed by atoms with van der Waals surface area (Å²) in [6.45, 7) is 0. The normalized spacial score (nSPS) is 23.7. The highest BCUT2D eigenvalue weighted by molar-refractivity contribution is 5.78. The largest absolute Gasteiger partial charge is 0.379 e. The van der Waals surface area contributed by atoms with Gasteiger partial charge in [0.25, 0.3) is 0 Å². The predicted molar refractivity (Wildman–Crippen MR) is 72.8 cm³/mol. The molecule has 1 N–H and O–H groups in total. The van der Waals surface area contributed by atoms with Crippen molar-refractivity contribution in [1.82, 2.24) is 9.55 Å². The second kappa shape index (κ2) is 4.61. The topological polar surface area (TPSA) is 39.1 Å². The van der Waals surface area contributed by atoms with Gasteiger partial charge >= 0.3 is 0 Å². The molecule has 4 nitrogen and oxygen atoms in total. The minimum absolute atomic E-state index is 0.310. The monoisotopic (exact) mass is 245 g/mol. The van der Waals surface area contributed by atoms with Crippen LogP contribution >= 0.6 is 0 Å². The van der Waals surface area contributed by atoms with Crippen LogP contribution in [0.3, 0.4) is 0 Å². The zero-order valence-electron chi connectivity index (χ0n) is 10.9. The number of aryl methyl sites for hydroxylation is 1. The van der Waals surface area contributed by atoms with Gasteiger partial charge in [-0.15, -0.1) is 0 Å². The maximum atomic E-state index is 5.51. The third-order valence-corrected chi connectivity index (χ3v) is 3.86. The molecule has 2 atom stereocenters. The zero-order valence-corrected chi connectivity index (χ0v) is 10.9. The van der Waals surface area contributed by atoms with Crippen molar-refractivity contribution in [2.24, 2.45) is 7.05 Å². The fourth-order valence-electron chi connectivity index (χ4n) is 2.81. The van der Waals surface area contributed by atoms with Crippen LogP contribution < -0.4 is 5.32 Å². The molecule has 0 aliphatic heterocycles. The predicted octanol–water partition coefficient (Wildman–Crippen LogP) is 2.55. The standard InChI is InChI=1S/C14H19N3O/c1-17-12-8-4-3-6-10(12)15-14(17)16-11-7-5-9-13(11)18-2/h3-4,6,8,11,13H,5,7,9H2,1-2H3,(H,15,16). The molecule has 2 aromatic rings. The Morgan fingerprint density at radius 3 is 2.94 bits per heavy atom. The molecule has 1 aromatic carbocycles. The Morgan fingerprint density at radius 2 is 2.17 bits per heavy atom. The SMILES string of the molecule is COC1CCCC1Nc1nc2ccccc2n1C. The van der Waals surface area contributed by atoms with Crippen molar-refractivity contribution in [2.45, 2.75) is 31.4 Å². The van der Waals surface area contributed by atoms with Crippen molar-refractivity contribution in [2.75, 3.05) is 12.4 Å².